The summed E-state index contributed by atoms with van der Waals surface area (Å²) >= 11 is 6.10. The van der Waals surface area contributed by atoms with Gasteiger partial charge in [0.25, 0.3) is 0 Å². The highest BCUT2D eigenvalue weighted by molar-refractivity contribution is 9.10. The largest absolute Gasteiger partial charge is 0.399 e. The van der Waals surface area contributed by atoms with Crippen molar-refractivity contribution in [2.75, 3.05) is 30.7 Å². The van der Waals surface area contributed by atoms with Gasteiger partial charge in [0.1, 0.15) is 11.6 Å². The number of benzene rings is 2. The number of anilines is 2. The number of carbonyl (C=O) groups is 1. The molecule has 0 aliphatic carbocycles. The summed E-state index contributed by atoms with van der Waals surface area (Å²) in [5.41, 5.74) is 6.22. The molecule has 1 saturated heterocycles. The zero-order chi connectivity index (χ0) is 22.6. The average molecular weight is 561 g/mol. The molecule has 0 radical (unpaired) electrons. The molecule has 3 rings (SSSR count). The van der Waals surface area contributed by atoms with Crippen LogP contribution in [0.25, 0.3) is 0 Å². The maximum absolute atomic E-state index is 13.4. The van der Waals surface area contributed by atoms with Gasteiger partial charge in [-0.2, -0.15) is 0 Å². The van der Waals surface area contributed by atoms with E-state index in [0.29, 0.717) is 26.7 Å². The van der Waals surface area contributed by atoms with Crippen LogP contribution in [0, 0.1) is 11.6 Å². The van der Waals surface area contributed by atoms with Crippen LogP contribution in [0.1, 0.15) is 44.9 Å². The first kappa shape index (κ1) is 25.7. The second-order valence-corrected chi connectivity index (χ2v) is 9.27. The van der Waals surface area contributed by atoms with Crippen molar-refractivity contribution in [2.45, 2.75) is 44.9 Å². The van der Waals surface area contributed by atoms with Gasteiger partial charge in [-0.3, -0.25) is 4.79 Å². The van der Waals surface area contributed by atoms with Gasteiger partial charge in [-0.15, -0.1) is 0 Å². The molecule has 0 bridgehead atoms. The summed E-state index contributed by atoms with van der Waals surface area (Å²) in [7, 11) is 0. The fraction of sp³-hybridized carbons (Fsp3) is 0.435. The van der Waals surface area contributed by atoms with Crippen molar-refractivity contribution in [1.82, 2.24) is 4.90 Å². The lowest BCUT2D eigenvalue weighted by Crippen LogP contribution is -2.25. The fourth-order valence-electron chi connectivity index (χ4n) is 3.29. The Morgan fingerprint density at radius 2 is 1.55 bits per heavy atom. The maximum Gasteiger partial charge on any atom is 0.224 e. The van der Waals surface area contributed by atoms with Crippen molar-refractivity contribution >= 4 is 49.1 Å². The number of nitrogen functional groups attached to an aromatic ring is 1. The molecule has 1 aliphatic heterocycles. The minimum absolute atomic E-state index is 0.0439. The minimum atomic E-state index is -0.362. The van der Waals surface area contributed by atoms with Gasteiger partial charge < -0.3 is 16.0 Å². The van der Waals surface area contributed by atoms with Crippen LogP contribution in [-0.2, 0) is 4.79 Å². The topological polar surface area (TPSA) is 58.4 Å². The van der Waals surface area contributed by atoms with Crippen LogP contribution < -0.4 is 11.1 Å². The molecule has 1 heterocycles. The Hall–Kier alpha value is -1.51. The van der Waals surface area contributed by atoms with Gasteiger partial charge in [-0.05, 0) is 114 Å². The predicted molar refractivity (Wildman–Crippen MR) is 130 cm³/mol. The molecule has 2 aromatic carbocycles. The molecule has 31 heavy (non-hydrogen) atoms. The quantitative estimate of drug-likeness (QED) is 0.304. The Kier molecular flexibility index (Phi) is 11.5. The summed E-state index contributed by atoms with van der Waals surface area (Å²) < 4.78 is 26.7. The number of likely N-dealkylation sites (tertiary alicyclic amines) is 1. The fourth-order valence-corrected chi connectivity index (χ4v) is 3.78. The molecule has 8 heteroatoms. The van der Waals surface area contributed by atoms with Crippen molar-refractivity contribution in [1.29, 1.82) is 0 Å². The highest BCUT2D eigenvalue weighted by atomic mass is 79.9. The lowest BCUT2D eigenvalue weighted by molar-refractivity contribution is -0.116. The highest BCUT2D eigenvalue weighted by Gasteiger charge is 2.09. The molecule has 1 fully saturated rings. The highest BCUT2D eigenvalue weighted by Crippen LogP contribution is 2.20. The summed E-state index contributed by atoms with van der Waals surface area (Å²) in [6.45, 7) is 3.48. The normalized spacial score (nSPS) is 14.3. The second-order valence-electron chi connectivity index (χ2n) is 7.56. The number of unbranched alkanes of at least 4 members (excludes halogenated alkanes) is 1. The molecule has 0 atom stereocenters. The van der Waals surface area contributed by atoms with Gasteiger partial charge in [-0.25, -0.2) is 8.78 Å². The Balaban J connectivity index is 0.000000316. The van der Waals surface area contributed by atoms with Gasteiger partial charge in [0.15, 0.2) is 0 Å². The van der Waals surface area contributed by atoms with Gasteiger partial charge >= 0.3 is 0 Å². The van der Waals surface area contributed by atoms with E-state index in [4.69, 9.17) is 5.73 Å². The van der Waals surface area contributed by atoms with Crippen LogP contribution in [0.15, 0.2) is 45.3 Å². The lowest BCUT2D eigenvalue weighted by Gasteiger charge is -2.19. The maximum atomic E-state index is 13.4. The SMILES string of the molecule is Nc1ccc(Br)c(F)c1.O=C(CCCCN1CCCCCC1)Nc1ccc(Br)c(F)c1. The van der Waals surface area contributed by atoms with E-state index in [0.717, 1.165) is 19.4 Å². The molecule has 170 valence electrons. The average Bonchev–Trinajstić information content (AvgIpc) is 3.00. The number of halogens is 4. The van der Waals surface area contributed by atoms with E-state index >= 15 is 0 Å². The minimum Gasteiger partial charge on any atom is -0.399 e. The molecule has 0 aromatic heterocycles. The number of hydrogen-bond donors (Lipinski definition) is 2. The van der Waals surface area contributed by atoms with Crippen LogP contribution in [0.2, 0.25) is 0 Å². The number of nitrogens with two attached hydrogens (primary N) is 1. The lowest BCUT2D eigenvalue weighted by atomic mass is 10.2. The first-order valence-electron chi connectivity index (χ1n) is 10.5. The molecule has 0 unspecified atom stereocenters. The van der Waals surface area contributed by atoms with Gasteiger partial charge in [0.2, 0.25) is 5.91 Å². The summed E-state index contributed by atoms with van der Waals surface area (Å²) in [6.07, 6.45) is 7.71. The van der Waals surface area contributed by atoms with Crippen LogP contribution in [0.3, 0.4) is 0 Å². The van der Waals surface area contributed by atoms with Crippen LogP contribution >= 0.6 is 31.9 Å². The van der Waals surface area contributed by atoms with Crippen LogP contribution in [0.5, 0.6) is 0 Å². The molecule has 1 amide bonds. The van der Waals surface area contributed by atoms with Gasteiger partial charge in [0.05, 0.1) is 8.95 Å². The Morgan fingerprint density at radius 1 is 0.935 bits per heavy atom. The van der Waals surface area contributed by atoms with E-state index in [1.165, 1.54) is 50.9 Å². The molecule has 2 aromatic rings. The number of amides is 1. The number of rotatable bonds is 6. The van der Waals surface area contributed by atoms with E-state index in [-0.39, 0.29) is 17.5 Å². The Morgan fingerprint density at radius 3 is 2.13 bits per heavy atom. The van der Waals surface area contributed by atoms with Crippen molar-refractivity contribution in [3.05, 3.63) is 57.0 Å². The standard InChI is InChI=1S/C17H24BrFN2O.C6H5BrFN/c18-15-9-8-14(13-16(15)19)20-17(22)7-3-6-12-21-10-4-1-2-5-11-21;7-5-2-1-4(9)3-6(5)8/h8-9,13H,1-7,10-12H2,(H,20,22);1-3H,9H2. The van der Waals surface area contributed by atoms with E-state index in [2.05, 4.69) is 42.1 Å². The molecule has 0 spiro atoms. The van der Waals surface area contributed by atoms with Crippen molar-refractivity contribution < 1.29 is 13.6 Å². The Labute approximate surface area is 199 Å². The first-order valence-corrected chi connectivity index (χ1v) is 12.1. The molecule has 3 N–H and O–H groups in total. The van der Waals surface area contributed by atoms with E-state index in [9.17, 15) is 13.6 Å². The van der Waals surface area contributed by atoms with Crippen LogP contribution in [-0.4, -0.2) is 30.4 Å². The summed E-state index contributed by atoms with van der Waals surface area (Å²) in [5.74, 6) is -0.730. The van der Waals surface area contributed by atoms with E-state index < -0.39 is 0 Å². The van der Waals surface area contributed by atoms with Gasteiger partial charge in [-0.1, -0.05) is 12.8 Å². The van der Waals surface area contributed by atoms with Crippen LogP contribution in [0.4, 0.5) is 20.2 Å². The third-order valence-electron chi connectivity index (χ3n) is 4.97. The predicted octanol–water partition coefficient (Wildman–Crippen LogP) is 6.74. The number of nitrogens with one attached hydrogen (secondary N) is 1. The summed E-state index contributed by atoms with van der Waals surface area (Å²) in [6, 6.07) is 9.10. The van der Waals surface area contributed by atoms with Crippen molar-refractivity contribution in [2.24, 2.45) is 0 Å². The molecular formula is C23H29Br2F2N3O. The van der Waals surface area contributed by atoms with E-state index in [1.54, 1.807) is 24.3 Å². The molecular weight excluding hydrogens is 532 g/mol. The number of carbonyl (C=O) groups excluding carboxylic acids is 1. The molecule has 0 saturated carbocycles. The zero-order valence-corrected chi connectivity index (χ0v) is 20.7. The van der Waals surface area contributed by atoms with Gasteiger partial charge in [0, 0.05) is 17.8 Å². The molecule has 1 aliphatic rings. The first-order chi connectivity index (χ1) is 14.8. The zero-order valence-electron chi connectivity index (χ0n) is 17.5. The second kappa shape index (κ2) is 13.8. The molecule has 4 nitrogen and oxygen atoms in total. The third kappa shape index (κ3) is 10.1. The summed E-state index contributed by atoms with van der Waals surface area (Å²) in [4.78, 5) is 14.4. The Bertz CT molecular complexity index is 844. The third-order valence-corrected chi connectivity index (χ3v) is 6.26. The number of hydrogen-bond acceptors (Lipinski definition) is 3. The smallest absolute Gasteiger partial charge is 0.224 e. The van der Waals surface area contributed by atoms with Crippen molar-refractivity contribution in [3.8, 4) is 0 Å². The van der Waals surface area contributed by atoms with Crippen molar-refractivity contribution in [3.63, 3.8) is 0 Å². The monoisotopic (exact) mass is 559 g/mol. The number of nitrogens with zero attached hydrogens (tertiary/aromatic N) is 1. The summed E-state index contributed by atoms with van der Waals surface area (Å²) in [5, 5.41) is 2.75. The van der Waals surface area contributed by atoms with E-state index in [1.807, 2.05) is 0 Å².